The Balaban J connectivity index is 1.80. The van der Waals surface area contributed by atoms with Gasteiger partial charge in [0, 0.05) is 22.8 Å². The highest BCUT2D eigenvalue weighted by atomic mass is 35.5. The zero-order valence-electron chi connectivity index (χ0n) is 15.9. The first-order valence-corrected chi connectivity index (χ1v) is 12.0. The molecule has 0 amide bonds. The van der Waals surface area contributed by atoms with Crippen LogP contribution in [0.1, 0.15) is 5.56 Å². The Bertz CT molecular complexity index is 1360. The van der Waals surface area contributed by atoms with Gasteiger partial charge in [-0.1, -0.05) is 23.7 Å². The molecule has 162 valence electrons. The average Bonchev–Trinajstić information content (AvgIpc) is 2.71. The van der Waals surface area contributed by atoms with Crippen molar-refractivity contribution < 1.29 is 21.8 Å². The number of hydrogen-bond acceptors (Lipinski definition) is 6. The molecule has 0 aromatic heterocycles. The Morgan fingerprint density at radius 2 is 1.39 bits per heavy atom. The SMILES string of the molecule is Cc1ccc(NS(=O)(=O)c2ccc(NS(=O)(=O)c3cccc([N+](=O)[O-])c3)cc2)cc1Cl. The molecular formula is C19H16ClN3O6S2. The van der Waals surface area contributed by atoms with Crippen molar-refractivity contribution in [2.24, 2.45) is 0 Å². The summed E-state index contributed by atoms with van der Waals surface area (Å²) in [5.41, 5.74) is 0.798. The zero-order chi connectivity index (χ0) is 22.8. The third kappa shape index (κ3) is 5.32. The summed E-state index contributed by atoms with van der Waals surface area (Å²) >= 11 is 6.01. The fraction of sp³-hybridized carbons (Fsp3) is 0.0526. The number of nitrogens with zero attached hydrogens (tertiary/aromatic N) is 1. The van der Waals surface area contributed by atoms with E-state index in [1.54, 1.807) is 19.1 Å². The molecule has 0 saturated carbocycles. The van der Waals surface area contributed by atoms with Gasteiger partial charge in [-0.05, 0) is 55.0 Å². The maximum Gasteiger partial charge on any atom is 0.270 e. The molecule has 3 aromatic rings. The monoisotopic (exact) mass is 481 g/mol. The van der Waals surface area contributed by atoms with Gasteiger partial charge in [0.2, 0.25) is 0 Å². The second kappa shape index (κ2) is 8.53. The second-order valence-corrected chi connectivity index (χ2v) is 10.2. The van der Waals surface area contributed by atoms with Crippen molar-refractivity contribution in [2.45, 2.75) is 16.7 Å². The molecule has 0 saturated heterocycles. The highest BCUT2D eigenvalue weighted by Crippen LogP contribution is 2.24. The van der Waals surface area contributed by atoms with Crippen molar-refractivity contribution >= 4 is 48.7 Å². The Morgan fingerprint density at radius 3 is 2.00 bits per heavy atom. The Kier molecular flexibility index (Phi) is 6.20. The van der Waals surface area contributed by atoms with Gasteiger partial charge in [-0.2, -0.15) is 0 Å². The summed E-state index contributed by atoms with van der Waals surface area (Å²) in [6.07, 6.45) is 0. The molecule has 31 heavy (non-hydrogen) atoms. The maximum absolute atomic E-state index is 12.6. The third-order valence-electron chi connectivity index (χ3n) is 4.18. The number of halogens is 1. The van der Waals surface area contributed by atoms with Gasteiger partial charge in [-0.25, -0.2) is 16.8 Å². The summed E-state index contributed by atoms with van der Waals surface area (Å²) in [5.74, 6) is 0. The summed E-state index contributed by atoms with van der Waals surface area (Å²) < 4.78 is 54.7. The number of rotatable bonds is 7. The number of hydrogen-bond donors (Lipinski definition) is 2. The quantitative estimate of drug-likeness (QED) is 0.384. The highest BCUT2D eigenvalue weighted by molar-refractivity contribution is 7.93. The summed E-state index contributed by atoms with van der Waals surface area (Å²) in [6, 6.07) is 14.3. The minimum absolute atomic E-state index is 0.0869. The van der Waals surface area contributed by atoms with Gasteiger partial charge < -0.3 is 0 Å². The average molecular weight is 482 g/mol. The van der Waals surface area contributed by atoms with Crippen LogP contribution in [0.5, 0.6) is 0 Å². The number of nitro benzene ring substituents is 1. The minimum atomic E-state index is -4.11. The molecule has 2 N–H and O–H groups in total. The van der Waals surface area contributed by atoms with E-state index in [0.29, 0.717) is 5.02 Å². The minimum Gasteiger partial charge on any atom is -0.280 e. The van der Waals surface area contributed by atoms with Gasteiger partial charge >= 0.3 is 0 Å². The van der Waals surface area contributed by atoms with E-state index in [4.69, 9.17) is 11.6 Å². The molecule has 0 fully saturated rings. The fourth-order valence-electron chi connectivity index (χ4n) is 2.55. The fourth-order valence-corrected chi connectivity index (χ4v) is 4.88. The number of benzene rings is 3. The molecular weight excluding hydrogens is 466 g/mol. The van der Waals surface area contributed by atoms with Crippen molar-refractivity contribution in [3.8, 4) is 0 Å². The largest absolute Gasteiger partial charge is 0.280 e. The molecule has 9 nitrogen and oxygen atoms in total. The number of non-ortho nitro benzene ring substituents is 1. The molecule has 0 aliphatic rings. The van der Waals surface area contributed by atoms with Crippen LogP contribution in [0.3, 0.4) is 0 Å². The van der Waals surface area contributed by atoms with Gasteiger partial charge in [0.05, 0.1) is 20.4 Å². The summed E-state index contributed by atoms with van der Waals surface area (Å²) in [6.45, 7) is 1.79. The third-order valence-corrected chi connectivity index (χ3v) is 7.36. The van der Waals surface area contributed by atoms with E-state index in [-0.39, 0.29) is 26.9 Å². The van der Waals surface area contributed by atoms with Crippen LogP contribution in [0.25, 0.3) is 0 Å². The molecule has 12 heteroatoms. The predicted octanol–water partition coefficient (Wildman–Crippen LogP) is 4.16. The standard InChI is InChI=1S/C19H16ClN3O6S2/c1-13-5-6-15(11-19(13)20)22-30(26,27)17-9-7-14(8-10-17)21-31(28,29)18-4-2-3-16(12-18)23(24)25/h2-12,21-22H,1H3. The van der Waals surface area contributed by atoms with Crippen molar-refractivity contribution in [1.82, 2.24) is 0 Å². The van der Waals surface area contributed by atoms with Crippen LogP contribution < -0.4 is 9.44 Å². The van der Waals surface area contributed by atoms with Gasteiger partial charge in [0.25, 0.3) is 25.7 Å². The number of nitro groups is 1. The van der Waals surface area contributed by atoms with Crippen molar-refractivity contribution in [3.05, 3.63) is 87.4 Å². The molecule has 0 spiro atoms. The van der Waals surface area contributed by atoms with Crippen LogP contribution in [0, 0.1) is 17.0 Å². The summed E-state index contributed by atoms with van der Waals surface area (Å²) in [5, 5.41) is 11.3. The first-order valence-electron chi connectivity index (χ1n) is 8.64. The Hall–Kier alpha value is -3.15. The number of sulfonamides is 2. The van der Waals surface area contributed by atoms with Crippen LogP contribution in [0.4, 0.5) is 17.1 Å². The first-order chi connectivity index (χ1) is 14.5. The molecule has 0 unspecified atom stereocenters. The van der Waals surface area contributed by atoms with Gasteiger partial charge in [0.15, 0.2) is 0 Å². The lowest BCUT2D eigenvalue weighted by Crippen LogP contribution is -2.14. The molecule has 0 aliphatic heterocycles. The van der Waals surface area contributed by atoms with Crippen molar-refractivity contribution in [3.63, 3.8) is 0 Å². The predicted molar refractivity (Wildman–Crippen MR) is 117 cm³/mol. The summed E-state index contributed by atoms with van der Waals surface area (Å²) in [4.78, 5) is 9.76. The van der Waals surface area contributed by atoms with Gasteiger partial charge in [-0.15, -0.1) is 0 Å². The first kappa shape index (κ1) is 22.5. The number of anilines is 2. The van der Waals surface area contributed by atoms with Crippen LogP contribution in [-0.4, -0.2) is 21.8 Å². The van der Waals surface area contributed by atoms with Crippen LogP contribution in [0.2, 0.25) is 5.02 Å². The zero-order valence-corrected chi connectivity index (χ0v) is 18.3. The number of aryl methyl sites for hydroxylation is 1. The van der Waals surface area contributed by atoms with Crippen LogP contribution in [-0.2, 0) is 20.0 Å². The molecule has 0 bridgehead atoms. The van der Waals surface area contributed by atoms with Crippen LogP contribution in [0.15, 0.2) is 76.5 Å². The molecule has 3 aromatic carbocycles. The van der Waals surface area contributed by atoms with E-state index in [2.05, 4.69) is 9.44 Å². The molecule has 0 atom stereocenters. The van der Waals surface area contributed by atoms with E-state index < -0.39 is 25.0 Å². The molecule has 3 rings (SSSR count). The van der Waals surface area contributed by atoms with E-state index >= 15 is 0 Å². The molecule has 0 aliphatic carbocycles. The highest BCUT2D eigenvalue weighted by Gasteiger charge is 2.19. The van der Waals surface area contributed by atoms with E-state index in [1.807, 2.05) is 0 Å². The lowest BCUT2D eigenvalue weighted by Gasteiger charge is -2.11. The Morgan fingerprint density at radius 1 is 0.806 bits per heavy atom. The second-order valence-electron chi connectivity index (χ2n) is 6.45. The van der Waals surface area contributed by atoms with Crippen molar-refractivity contribution in [1.29, 1.82) is 0 Å². The maximum atomic E-state index is 12.6. The number of nitrogens with one attached hydrogen (secondary N) is 2. The summed E-state index contributed by atoms with van der Waals surface area (Å²) in [7, 11) is -8.04. The van der Waals surface area contributed by atoms with Gasteiger partial charge in [0.1, 0.15) is 0 Å². The Labute approximate surface area is 183 Å². The lowest BCUT2D eigenvalue weighted by molar-refractivity contribution is -0.385. The van der Waals surface area contributed by atoms with Crippen molar-refractivity contribution in [2.75, 3.05) is 9.44 Å². The molecule has 0 heterocycles. The van der Waals surface area contributed by atoms with E-state index in [1.165, 1.54) is 48.5 Å². The molecule has 0 radical (unpaired) electrons. The van der Waals surface area contributed by atoms with E-state index in [9.17, 15) is 26.9 Å². The van der Waals surface area contributed by atoms with Crippen LogP contribution >= 0.6 is 11.6 Å². The lowest BCUT2D eigenvalue weighted by atomic mass is 10.2. The van der Waals surface area contributed by atoms with E-state index in [0.717, 1.165) is 11.6 Å². The smallest absolute Gasteiger partial charge is 0.270 e. The topological polar surface area (TPSA) is 135 Å². The normalized spacial score (nSPS) is 11.7. The van der Waals surface area contributed by atoms with Gasteiger partial charge in [-0.3, -0.25) is 19.6 Å².